The first-order valence-corrected chi connectivity index (χ1v) is 8.56. The van der Waals surface area contributed by atoms with Gasteiger partial charge in [-0.25, -0.2) is 8.78 Å². The number of anilines is 2. The van der Waals surface area contributed by atoms with E-state index in [0.717, 1.165) is 17.7 Å². The molecule has 0 aromatic heterocycles. The molecular weight excluding hydrogens is 376 g/mol. The Morgan fingerprint density at radius 2 is 1.34 bits per heavy atom. The molecule has 0 aliphatic carbocycles. The molecule has 3 aromatic carbocycles. The van der Waals surface area contributed by atoms with Crippen LogP contribution in [0.5, 0.6) is 0 Å². The van der Waals surface area contributed by atoms with Crippen LogP contribution in [-0.2, 0) is 0 Å². The Labute approximate surface area is 165 Å². The van der Waals surface area contributed by atoms with E-state index in [1.165, 1.54) is 30.3 Å². The summed E-state index contributed by atoms with van der Waals surface area (Å²) in [6.45, 7) is 1.92. The number of amides is 2. The van der Waals surface area contributed by atoms with Gasteiger partial charge in [0, 0.05) is 16.8 Å². The lowest BCUT2D eigenvalue weighted by Crippen LogP contribution is -2.15. The van der Waals surface area contributed by atoms with Crippen molar-refractivity contribution in [3.8, 4) is 6.07 Å². The molecule has 0 fully saturated rings. The summed E-state index contributed by atoms with van der Waals surface area (Å²) in [5.41, 5.74) is 1.37. The van der Waals surface area contributed by atoms with E-state index in [-0.39, 0.29) is 17.2 Å². The van der Waals surface area contributed by atoms with Gasteiger partial charge in [-0.1, -0.05) is 17.7 Å². The summed E-state index contributed by atoms with van der Waals surface area (Å²) >= 11 is 0. The molecular formula is C22H15F2N3O2. The lowest BCUT2D eigenvalue weighted by molar-refractivity contribution is 0.101. The fourth-order valence-corrected chi connectivity index (χ4v) is 2.54. The molecule has 5 nitrogen and oxygen atoms in total. The summed E-state index contributed by atoms with van der Waals surface area (Å²) in [6, 6.07) is 16.7. The fraction of sp³-hybridized carbons (Fsp3) is 0.0455. The largest absolute Gasteiger partial charge is 0.322 e. The van der Waals surface area contributed by atoms with Gasteiger partial charge in [-0.2, -0.15) is 5.26 Å². The third-order valence-corrected chi connectivity index (χ3v) is 4.17. The average Bonchev–Trinajstić information content (AvgIpc) is 2.72. The fourth-order valence-electron chi connectivity index (χ4n) is 2.54. The van der Waals surface area contributed by atoms with Gasteiger partial charge < -0.3 is 10.6 Å². The zero-order valence-electron chi connectivity index (χ0n) is 15.3. The summed E-state index contributed by atoms with van der Waals surface area (Å²) in [4.78, 5) is 24.5. The highest BCUT2D eigenvalue weighted by Crippen LogP contribution is 2.21. The van der Waals surface area contributed by atoms with Crippen LogP contribution in [0, 0.1) is 29.9 Å². The van der Waals surface area contributed by atoms with Crippen LogP contribution in [-0.4, -0.2) is 11.8 Å². The van der Waals surface area contributed by atoms with E-state index in [1.54, 1.807) is 12.1 Å². The van der Waals surface area contributed by atoms with Gasteiger partial charge in [-0.15, -0.1) is 0 Å². The number of nitrogens with one attached hydrogen (secondary N) is 2. The van der Waals surface area contributed by atoms with Crippen molar-refractivity contribution < 1.29 is 18.4 Å². The van der Waals surface area contributed by atoms with Crippen molar-refractivity contribution in [3.05, 3.63) is 94.6 Å². The molecule has 0 aliphatic rings. The topological polar surface area (TPSA) is 82.0 Å². The number of benzene rings is 3. The predicted molar refractivity (Wildman–Crippen MR) is 105 cm³/mol. The molecule has 0 aliphatic heterocycles. The van der Waals surface area contributed by atoms with Gasteiger partial charge in [-0.3, -0.25) is 9.59 Å². The minimum Gasteiger partial charge on any atom is -0.322 e. The standard InChI is InChI=1S/C22H15F2N3O2/c1-13-2-4-14(5-3-13)21(28)26-17-9-6-15(7-10-17)22(29)27-18-11-8-16(12-25)19(23)20(18)24/h2-11H,1H3,(H,26,28)(H,27,29). The van der Waals surface area contributed by atoms with Crippen molar-refractivity contribution in [2.24, 2.45) is 0 Å². The molecule has 0 unspecified atom stereocenters. The summed E-state index contributed by atoms with van der Waals surface area (Å²) in [7, 11) is 0. The van der Waals surface area contributed by atoms with Gasteiger partial charge in [-0.05, 0) is 55.5 Å². The van der Waals surface area contributed by atoms with Crippen molar-refractivity contribution in [2.45, 2.75) is 6.92 Å². The van der Waals surface area contributed by atoms with Crippen LogP contribution in [0.1, 0.15) is 31.8 Å². The molecule has 0 atom stereocenters. The molecule has 2 N–H and O–H groups in total. The summed E-state index contributed by atoms with van der Waals surface area (Å²) in [5.74, 6) is -3.58. The number of rotatable bonds is 4. The van der Waals surface area contributed by atoms with Crippen LogP contribution in [0.2, 0.25) is 0 Å². The molecule has 7 heteroatoms. The van der Waals surface area contributed by atoms with Gasteiger partial charge in [0.25, 0.3) is 11.8 Å². The number of aryl methyl sites for hydroxylation is 1. The molecule has 0 spiro atoms. The lowest BCUT2D eigenvalue weighted by Gasteiger charge is -2.09. The maximum Gasteiger partial charge on any atom is 0.255 e. The Kier molecular flexibility index (Phi) is 5.65. The highest BCUT2D eigenvalue weighted by molar-refractivity contribution is 6.06. The maximum atomic E-state index is 13.9. The minimum absolute atomic E-state index is 0.183. The monoisotopic (exact) mass is 391 g/mol. The number of hydrogen-bond donors (Lipinski definition) is 2. The quantitative estimate of drug-likeness (QED) is 0.679. The number of carbonyl (C=O) groups is 2. The van der Waals surface area contributed by atoms with Crippen LogP contribution in [0.3, 0.4) is 0 Å². The maximum absolute atomic E-state index is 13.9. The zero-order valence-corrected chi connectivity index (χ0v) is 15.3. The second-order valence-corrected chi connectivity index (χ2v) is 6.25. The van der Waals surface area contributed by atoms with Crippen molar-refractivity contribution in [2.75, 3.05) is 10.6 Å². The Morgan fingerprint density at radius 3 is 1.93 bits per heavy atom. The van der Waals surface area contributed by atoms with E-state index >= 15 is 0 Å². The van der Waals surface area contributed by atoms with Crippen LogP contribution in [0.25, 0.3) is 0 Å². The Hall–Kier alpha value is -4.05. The Morgan fingerprint density at radius 1 is 0.793 bits per heavy atom. The van der Waals surface area contributed by atoms with Crippen molar-refractivity contribution in [1.82, 2.24) is 0 Å². The first-order valence-electron chi connectivity index (χ1n) is 8.56. The highest BCUT2D eigenvalue weighted by atomic mass is 19.2. The molecule has 2 amide bonds. The molecule has 3 aromatic rings. The Bertz CT molecular complexity index is 1120. The van der Waals surface area contributed by atoms with E-state index in [0.29, 0.717) is 11.3 Å². The van der Waals surface area contributed by atoms with E-state index in [4.69, 9.17) is 5.26 Å². The molecule has 144 valence electrons. The molecule has 3 rings (SSSR count). The molecule has 29 heavy (non-hydrogen) atoms. The summed E-state index contributed by atoms with van der Waals surface area (Å²) in [6.07, 6.45) is 0. The third kappa shape index (κ3) is 4.45. The molecule has 0 saturated carbocycles. The van der Waals surface area contributed by atoms with E-state index in [2.05, 4.69) is 10.6 Å². The zero-order chi connectivity index (χ0) is 21.0. The number of nitriles is 1. The average molecular weight is 391 g/mol. The number of carbonyl (C=O) groups excluding carboxylic acids is 2. The first kappa shape index (κ1) is 19.7. The smallest absolute Gasteiger partial charge is 0.255 e. The van der Waals surface area contributed by atoms with Crippen molar-refractivity contribution in [3.63, 3.8) is 0 Å². The second kappa shape index (κ2) is 8.31. The summed E-state index contributed by atoms with van der Waals surface area (Å²) in [5, 5.41) is 13.7. The normalized spacial score (nSPS) is 10.1. The van der Waals surface area contributed by atoms with Crippen molar-refractivity contribution in [1.29, 1.82) is 5.26 Å². The minimum atomic E-state index is -1.32. The molecule has 0 radical (unpaired) electrons. The highest BCUT2D eigenvalue weighted by Gasteiger charge is 2.16. The van der Waals surface area contributed by atoms with Gasteiger partial charge in [0.2, 0.25) is 0 Å². The van der Waals surface area contributed by atoms with Gasteiger partial charge in [0.1, 0.15) is 6.07 Å². The van der Waals surface area contributed by atoms with Crippen molar-refractivity contribution >= 4 is 23.2 Å². The van der Waals surface area contributed by atoms with Crippen LogP contribution in [0.15, 0.2) is 60.7 Å². The number of hydrogen-bond acceptors (Lipinski definition) is 3. The van der Waals surface area contributed by atoms with E-state index in [9.17, 15) is 18.4 Å². The third-order valence-electron chi connectivity index (χ3n) is 4.17. The van der Waals surface area contributed by atoms with E-state index in [1.807, 2.05) is 19.1 Å². The SMILES string of the molecule is Cc1ccc(C(=O)Nc2ccc(C(=O)Nc3ccc(C#N)c(F)c3F)cc2)cc1. The summed E-state index contributed by atoms with van der Waals surface area (Å²) < 4.78 is 27.6. The second-order valence-electron chi connectivity index (χ2n) is 6.25. The molecule has 0 saturated heterocycles. The van der Waals surface area contributed by atoms with Crippen LogP contribution < -0.4 is 10.6 Å². The molecule has 0 heterocycles. The first-order chi connectivity index (χ1) is 13.9. The molecule has 0 bridgehead atoms. The van der Waals surface area contributed by atoms with Crippen LogP contribution >= 0.6 is 0 Å². The van der Waals surface area contributed by atoms with Gasteiger partial charge in [0.05, 0.1) is 11.3 Å². The van der Waals surface area contributed by atoms with Crippen LogP contribution in [0.4, 0.5) is 20.2 Å². The number of halogens is 2. The lowest BCUT2D eigenvalue weighted by atomic mass is 10.1. The Balaban J connectivity index is 1.69. The van der Waals surface area contributed by atoms with E-state index < -0.39 is 23.1 Å². The number of nitrogens with zero attached hydrogens (tertiary/aromatic N) is 1. The van der Waals surface area contributed by atoms with Gasteiger partial charge in [0.15, 0.2) is 11.6 Å². The van der Waals surface area contributed by atoms with Gasteiger partial charge >= 0.3 is 0 Å². The predicted octanol–water partition coefficient (Wildman–Crippen LogP) is 4.65.